The minimum Gasteiger partial charge on any atom is -0.344 e. The number of halogens is 1. The molecule has 2 N–H and O–H groups in total. The molecule has 0 aliphatic heterocycles. The average Bonchev–Trinajstić information content (AvgIpc) is 2.36. The van der Waals surface area contributed by atoms with Crippen molar-refractivity contribution in [2.24, 2.45) is 5.73 Å². The number of nitrogens with two attached hydrogens (primary N) is 1. The highest BCUT2D eigenvalue weighted by atomic mass is 35.5. The molecule has 0 radical (unpaired) electrons. The summed E-state index contributed by atoms with van der Waals surface area (Å²) in [6.07, 6.45) is 2.58. The van der Waals surface area contributed by atoms with Gasteiger partial charge in [-0.3, -0.25) is 4.79 Å². The Balaban J connectivity index is 0.00000289. The Morgan fingerprint density at radius 2 is 1.94 bits per heavy atom. The second kappa shape index (κ2) is 8.95. The van der Waals surface area contributed by atoms with Gasteiger partial charge in [0.2, 0.25) is 5.91 Å². The van der Waals surface area contributed by atoms with E-state index < -0.39 is 0 Å². The molecule has 0 saturated heterocycles. The molecule has 1 unspecified atom stereocenters. The van der Waals surface area contributed by atoms with Crippen LogP contribution in [0.3, 0.4) is 0 Å². The molecule has 0 fully saturated rings. The van der Waals surface area contributed by atoms with Crippen LogP contribution in [-0.2, 0) is 11.2 Å². The van der Waals surface area contributed by atoms with Crippen LogP contribution in [0, 0.1) is 0 Å². The molecule has 0 aliphatic carbocycles. The van der Waals surface area contributed by atoms with Gasteiger partial charge in [0.1, 0.15) is 0 Å². The first kappa shape index (κ1) is 16.9. The van der Waals surface area contributed by atoms with Gasteiger partial charge in [-0.1, -0.05) is 43.7 Å². The van der Waals surface area contributed by atoms with Crippen molar-refractivity contribution in [3.05, 3.63) is 35.9 Å². The van der Waals surface area contributed by atoms with E-state index in [1.807, 2.05) is 32.2 Å². The first-order chi connectivity index (χ1) is 8.15. The van der Waals surface area contributed by atoms with Gasteiger partial charge >= 0.3 is 0 Å². The third-order valence-corrected chi connectivity index (χ3v) is 2.87. The summed E-state index contributed by atoms with van der Waals surface area (Å²) in [5, 5.41) is 0. The fraction of sp³-hybridized carbons (Fsp3) is 0.500. The lowest BCUT2D eigenvalue weighted by molar-refractivity contribution is -0.131. The summed E-state index contributed by atoms with van der Waals surface area (Å²) >= 11 is 0. The average molecular weight is 271 g/mol. The summed E-state index contributed by atoms with van der Waals surface area (Å²) in [7, 11) is 1.82. The van der Waals surface area contributed by atoms with Gasteiger partial charge in [0.15, 0.2) is 0 Å². The molecule has 3 nitrogen and oxygen atoms in total. The van der Waals surface area contributed by atoms with Crippen molar-refractivity contribution in [3.63, 3.8) is 0 Å². The molecule has 0 aromatic heterocycles. The summed E-state index contributed by atoms with van der Waals surface area (Å²) in [5.41, 5.74) is 7.05. The maximum absolute atomic E-state index is 11.9. The normalized spacial score (nSPS) is 11.5. The van der Waals surface area contributed by atoms with Gasteiger partial charge < -0.3 is 10.6 Å². The highest BCUT2D eigenvalue weighted by molar-refractivity contribution is 5.85. The molecule has 0 aliphatic rings. The van der Waals surface area contributed by atoms with E-state index in [1.165, 1.54) is 5.56 Å². The Morgan fingerprint density at radius 1 is 1.33 bits per heavy atom. The van der Waals surface area contributed by atoms with Crippen molar-refractivity contribution in [3.8, 4) is 0 Å². The lowest BCUT2D eigenvalue weighted by atomic mass is 10.1. The van der Waals surface area contributed by atoms with Crippen LogP contribution in [0.15, 0.2) is 30.3 Å². The molecule has 0 saturated carbocycles. The number of hydrogen-bond acceptors (Lipinski definition) is 2. The van der Waals surface area contributed by atoms with Crippen molar-refractivity contribution in [1.82, 2.24) is 4.90 Å². The van der Waals surface area contributed by atoms with Crippen molar-refractivity contribution >= 4 is 18.3 Å². The Labute approximate surface area is 116 Å². The van der Waals surface area contributed by atoms with Gasteiger partial charge in [0.05, 0.1) is 6.04 Å². The number of carbonyl (C=O) groups is 1. The zero-order valence-electron chi connectivity index (χ0n) is 11.1. The van der Waals surface area contributed by atoms with E-state index in [1.54, 1.807) is 4.90 Å². The minimum absolute atomic E-state index is 0. The zero-order valence-corrected chi connectivity index (χ0v) is 12.0. The zero-order chi connectivity index (χ0) is 12.7. The Kier molecular flexibility index (Phi) is 8.42. The summed E-state index contributed by atoms with van der Waals surface area (Å²) in [4.78, 5) is 13.6. The molecular weight excluding hydrogens is 248 g/mol. The van der Waals surface area contributed by atoms with Crippen LogP contribution in [0.2, 0.25) is 0 Å². The summed E-state index contributed by atoms with van der Waals surface area (Å²) in [5.74, 6) is 0.0442. The molecular formula is C14H23ClN2O. The molecule has 1 aromatic carbocycles. The quantitative estimate of drug-likeness (QED) is 0.862. The number of nitrogens with zero attached hydrogens (tertiary/aromatic N) is 1. The van der Waals surface area contributed by atoms with Crippen molar-refractivity contribution in [2.75, 3.05) is 13.6 Å². The molecule has 0 bridgehead atoms. The van der Waals surface area contributed by atoms with Crippen LogP contribution in [0.25, 0.3) is 0 Å². The second-order valence-corrected chi connectivity index (χ2v) is 4.39. The van der Waals surface area contributed by atoms with Gasteiger partial charge in [-0.25, -0.2) is 0 Å². The highest BCUT2D eigenvalue weighted by Crippen LogP contribution is 2.03. The first-order valence-corrected chi connectivity index (χ1v) is 6.19. The van der Waals surface area contributed by atoms with Crippen LogP contribution in [0.1, 0.15) is 25.3 Å². The number of benzene rings is 1. The molecule has 102 valence electrons. The third-order valence-electron chi connectivity index (χ3n) is 2.87. The highest BCUT2D eigenvalue weighted by Gasteiger charge is 2.16. The smallest absolute Gasteiger partial charge is 0.239 e. The molecule has 1 aromatic rings. The second-order valence-electron chi connectivity index (χ2n) is 4.39. The molecule has 4 heteroatoms. The fourth-order valence-corrected chi connectivity index (χ4v) is 1.77. The van der Waals surface area contributed by atoms with Crippen molar-refractivity contribution in [1.29, 1.82) is 0 Å². The van der Waals surface area contributed by atoms with E-state index in [-0.39, 0.29) is 24.4 Å². The van der Waals surface area contributed by atoms with Crippen molar-refractivity contribution < 1.29 is 4.79 Å². The monoisotopic (exact) mass is 270 g/mol. The number of amides is 1. The van der Waals surface area contributed by atoms with Crippen LogP contribution < -0.4 is 5.73 Å². The lowest BCUT2D eigenvalue weighted by Gasteiger charge is -2.21. The van der Waals surface area contributed by atoms with Crippen LogP contribution in [0.4, 0.5) is 0 Å². The van der Waals surface area contributed by atoms with Gasteiger partial charge in [0, 0.05) is 13.6 Å². The van der Waals surface area contributed by atoms with Crippen LogP contribution in [0.5, 0.6) is 0 Å². The van der Waals surface area contributed by atoms with E-state index in [0.717, 1.165) is 25.8 Å². The predicted molar refractivity (Wildman–Crippen MR) is 77.9 cm³/mol. The fourth-order valence-electron chi connectivity index (χ4n) is 1.77. The molecule has 18 heavy (non-hydrogen) atoms. The summed E-state index contributed by atoms with van der Waals surface area (Å²) < 4.78 is 0. The molecule has 1 amide bonds. The van der Waals surface area contributed by atoms with E-state index in [0.29, 0.717) is 0 Å². The van der Waals surface area contributed by atoms with E-state index in [2.05, 4.69) is 12.1 Å². The lowest BCUT2D eigenvalue weighted by Crippen LogP contribution is -2.42. The van der Waals surface area contributed by atoms with Crippen LogP contribution in [-0.4, -0.2) is 30.4 Å². The molecule has 0 spiro atoms. The first-order valence-electron chi connectivity index (χ1n) is 6.19. The van der Waals surface area contributed by atoms with Gasteiger partial charge in [-0.15, -0.1) is 12.4 Å². The number of rotatable bonds is 6. The summed E-state index contributed by atoms with van der Waals surface area (Å²) in [6, 6.07) is 9.82. The van der Waals surface area contributed by atoms with E-state index in [9.17, 15) is 4.79 Å². The number of carbonyl (C=O) groups excluding carboxylic acids is 1. The summed E-state index contributed by atoms with van der Waals surface area (Å²) in [6.45, 7) is 2.76. The SMILES string of the molecule is CCCC(N)C(=O)N(C)CCc1ccccc1.Cl. The van der Waals surface area contributed by atoms with Crippen LogP contribution >= 0.6 is 12.4 Å². The van der Waals surface area contributed by atoms with E-state index in [4.69, 9.17) is 5.73 Å². The topological polar surface area (TPSA) is 46.3 Å². The molecule has 1 rings (SSSR count). The largest absolute Gasteiger partial charge is 0.344 e. The molecule has 1 atom stereocenters. The van der Waals surface area contributed by atoms with Gasteiger partial charge in [0.25, 0.3) is 0 Å². The molecule has 0 heterocycles. The van der Waals surface area contributed by atoms with Gasteiger partial charge in [-0.05, 0) is 18.4 Å². The Morgan fingerprint density at radius 3 is 2.50 bits per heavy atom. The minimum atomic E-state index is -0.347. The Bertz CT molecular complexity index is 343. The van der Waals surface area contributed by atoms with E-state index >= 15 is 0 Å². The standard InChI is InChI=1S/C14H22N2O.ClH/c1-3-7-13(15)14(17)16(2)11-10-12-8-5-4-6-9-12;/h4-6,8-9,13H,3,7,10-11,15H2,1-2H3;1H. The van der Waals surface area contributed by atoms with Gasteiger partial charge in [-0.2, -0.15) is 0 Å². The maximum atomic E-state index is 11.9. The number of hydrogen-bond donors (Lipinski definition) is 1. The number of likely N-dealkylation sites (N-methyl/N-ethyl adjacent to an activating group) is 1. The maximum Gasteiger partial charge on any atom is 0.239 e. The Hall–Kier alpha value is -1.06. The van der Waals surface area contributed by atoms with Crippen molar-refractivity contribution in [2.45, 2.75) is 32.2 Å². The predicted octanol–water partition coefficient (Wildman–Crippen LogP) is 2.24. The third kappa shape index (κ3) is 5.52.